The highest BCUT2D eigenvalue weighted by Crippen LogP contribution is 2.21. The molecule has 6 heteroatoms. The Hall–Kier alpha value is -1.79. The van der Waals surface area contributed by atoms with E-state index in [0.29, 0.717) is 45.1 Å². The first kappa shape index (κ1) is 18.5. The van der Waals surface area contributed by atoms with E-state index in [-0.39, 0.29) is 0 Å². The maximum atomic E-state index is 10.5. The van der Waals surface area contributed by atoms with E-state index < -0.39 is 5.60 Å². The van der Waals surface area contributed by atoms with E-state index in [1.54, 1.807) is 7.11 Å². The van der Waals surface area contributed by atoms with Gasteiger partial charge in [0.15, 0.2) is 5.96 Å². The van der Waals surface area contributed by atoms with E-state index in [9.17, 15) is 5.11 Å². The molecule has 1 heterocycles. The predicted octanol–water partition coefficient (Wildman–Crippen LogP) is 1.60. The second-order valence-corrected chi connectivity index (χ2v) is 6.20. The van der Waals surface area contributed by atoms with Crippen LogP contribution in [-0.2, 0) is 11.3 Å². The molecule has 134 valence electrons. The number of rotatable bonds is 6. The van der Waals surface area contributed by atoms with E-state index in [1.807, 2.05) is 26.0 Å². The van der Waals surface area contributed by atoms with Gasteiger partial charge in [-0.25, -0.2) is 4.99 Å². The van der Waals surface area contributed by atoms with Crippen LogP contribution in [0.4, 0.5) is 0 Å². The second-order valence-electron chi connectivity index (χ2n) is 6.20. The summed E-state index contributed by atoms with van der Waals surface area (Å²) in [6, 6.07) is 6.10. The summed E-state index contributed by atoms with van der Waals surface area (Å²) in [5, 5.41) is 17.0. The maximum absolute atomic E-state index is 10.5. The fraction of sp³-hybridized carbons (Fsp3) is 0.611. The topological polar surface area (TPSA) is 75.1 Å². The predicted molar refractivity (Wildman–Crippen MR) is 95.6 cm³/mol. The summed E-state index contributed by atoms with van der Waals surface area (Å²) >= 11 is 0. The van der Waals surface area contributed by atoms with Crippen molar-refractivity contribution in [1.82, 2.24) is 10.6 Å². The van der Waals surface area contributed by atoms with Crippen molar-refractivity contribution in [3.8, 4) is 5.75 Å². The largest absolute Gasteiger partial charge is 0.496 e. The molecule has 1 aromatic carbocycles. The Labute approximate surface area is 144 Å². The molecule has 0 unspecified atom stereocenters. The molecule has 0 aliphatic carbocycles. The minimum Gasteiger partial charge on any atom is -0.496 e. The van der Waals surface area contributed by atoms with Gasteiger partial charge in [-0.05, 0) is 25.5 Å². The zero-order chi connectivity index (χ0) is 17.4. The number of aliphatic imine (C=N–C) groups is 1. The van der Waals surface area contributed by atoms with Crippen LogP contribution in [0.1, 0.15) is 30.9 Å². The Bertz CT molecular complexity index is 554. The van der Waals surface area contributed by atoms with Gasteiger partial charge in [-0.1, -0.05) is 12.1 Å². The lowest BCUT2D eigenvalue weighted by Crippen LogP contribution is -2.49. The molecule has 0 spiro atoms. The van der Waals surface area contributed by atoms with Crippen LogP contribution in [0.25, 0.3) is 0 Å². The Morgan fingerprint density at radius 1 is 1.33 bits per heavy atom. The summed E-state index contributed by atoms with van der Waals surface area (Å²) < 4.78 is 10.7. The molecule has 1 aliphatic rings. The molecule has 0 atom stereocenters. The number of aliphatic hydroxyl groups is 1. The van der Waals surface area contributed by atoms with Crippen molar-refractivity contribution in [1.29, 1.82) is 0 Å². The van der Waals surface area contributed by atoms with Crippen molar-refractivity contribution in [3.05, 3.63) is 29.3 Å². The monoisotopic (exact) mass is 335 g/mol. The molecule has 0 aromatic heterocycles. The Morgan fingerprint density at radius 3 is 2.75 bits per heavy atom. The maximum Gasteiger partial charge on any atom is 0.191 e. The Balaban J connectivity index is 2.00. The molecule has 2 rings (SSSR count). The van der Waals surface area contributed by atoms with E-state index in [1.165, 1.54) is 0 Å². The minimum absolute atomic E-state index is 0.466. The third-order valence-corrected chi connectivity index (χ3v) is 4.20. The third-order valence-electron chi connectivity index (χ3n) is 4.20. The van der Waals surface area contributed by atoms with E-state index in [0.717, 1.165) is 23.4 Å². The van der Waals surface area contributed by atoms with Crippen LogP contribution in [0.5, 0.6) is 5.75 Å². The summed E-state index contributed by atoms with van der Waals surface area (Å²) in [4.78, 5) is 4.61. The van der Waals surface area contributed by atoms with Gasteiger partial charge < -0.3 is 25.2 Å². The van der Waals surface area contributed by atoms with Crippen LogP contribution in [0.3, 0.4) is 0 Å². The minimum atomic E-state index is -0.726. The molecule has 0 amide bonds. The number of nitrogens with zero attached hydrogens (tertiary/aromatic N) is 1. The van der Waals surface area contributed by atoms with Gasteiger partial charge in [-0.3, -0.25) is 0 Å². The summed E-state index contributed by atoms with van der Waals surface area (Å²) in [6.45, 7) is 7.01. The fourth-order valence-corrected chi connectivity index (χ4v) is 2.66. The number of hydrogen-bond acceptors (Lipinski definition) is 4. The number of benzene rings is 1. The summed E-state index contributed by atoms with van der Waals surface area (Å²) in [7, 11) is 1.67. The number of guanidine groups is 1. The highest BCUT2D eigenvalue weighted by Gasteiger charge is 2.29. The lowest BCUT2D eigenvalue weighted by atomic mass is 9.94. The molecule has 6 nitrogen and oxygen atoms in total. The number of nitrogens with one attached hydrogen (secondary N) is 2. The van der Waals surface area contributed by atoms with E-state index >= 15 is 0 Å². The molecule has 3 N–H and O–H groups in total. The molecule has 0 saturated carbocycles. The summed E-state index contributed by atoms with van der Waals surface area (Å²) in [5.41, 5.74) is 1.46. The molecule has 1 fully saturated rings. The Morgan fingerprint density at radius 2 is 2.08 bits per heavy atom. The van der Waals surface area contributed by atoms with Gasteiger partial charge in [0, 0.05) is 44.7 Å². The van der Waals surface area contributed by atoms with Gasteiger partial charge in [0.1, 0.15) is 5.75 Å². The van der Waals surface area contributed by atoms with Crippen molar-refractivity contribution in [3.63, 3.8) is 0 Å². The van der Waals surface area contributed by atoms with Crippen molar-refractivity contribution in [2.45, 2.75) is 38.8 Å². The standard InChI is InChI=1S/C18H29N3O3/c1-4-19-17(21-13-18(22)7-9-24-10-8-18)20-12-15-6-5-14(2)11-16(15)23-3/h5-6,11,22H,4,7-10,12-13H2,1-3H3,(H2,19,20,21). The molecule has 0 bridgehead atoms. The van der Waals surface area contributed by atoms with Crippen molar-refractivity contribution in [2.24, 2.45) is 4.99 Å². The van der Waals surface area contributed by atoms with Crippen LogP contribution < -0.4 is 15.4 Å². The molecular weight excluding hydrogens is 306 g/mol. The van der Waals surface area contributed by atoms with Crippen LogP contribution in [0, 0.1) is 6.92 Å². The van der Waals surface area contributed by atoms with Gasteiger partial charge in [-0.15, -0.1) is 0 Å². The van der Waals surface area contributed by atoms with Crippen LogP contribution >= 0.6 is 0 Å². The zero-order valence-corrected chi connectivity index (χ0v) is 14.9. The summed E-state index contributed by atoms with van der Waals surface area (Å²) in [6.07, 6.45) is 1.29. The molecule has 1 saturated heterocycles. The summed E-state index contributed by atoms with van der Waals surface area (Å²) in [5.74, 6) is 1.54. The first-order valence-electron chi connectivity index (χ1n) is 8.52. The molecule has 0 radical (unpaired) electrons. The molecular formula is C18H29N3O3. The number of aryl methyl sites for hydroxylation is 1. The average molecular weight is 335 g/mol. The number of methoxy groups -OCH3 is 1. The van der Waals surface area contributed by atoms with Crippen molar-refractivity contribution in [2.75, 3.05) is 33.4 Å². The van der Waals surface area contributed by atoms with Crippen LogP contribution in [0.15, 0.2) is 23.2 Å². The van der Waals surface area contributed by atoms with Gasteiger partial charge in [0.25, 0.3) is 0 Å². The fourth-order valence-electron chi connectivity index (χ4n) is 2.66. The molecule has 24 heavy (non-hydrogen) atoms. The van der Waals surface area contributed by atoms with Crippen LogP contribution in [0.2, 0.25) is 0 Å². The van der Waals surface area contributed by atoms with Gasteiger partial charge >= 0.3 is 0 Å². The van der Waals surface area contributed by atoms with Crippen LogP contribution in [-0.4, -0.2) is 50.1 Å². The first-order chi connectivity index (χ1) is 11.6. The third kappa shape index (κ3) is 5.39. The highest BCUT2D eigenvalue weighted by molar-refractivity contribution is 5.79. The quantitative estimate of drug-likeness (QED) is 0.544. The normalized spacial score (nSPS) is 17.4. The van der Waals surface area contributed by atoms with Crippen molar-refractivity contribution >= 4 is 5.96 Å². The smallest absolute Gasteiger partial charge is 0.191 e. The van der Waals surface area contributed by atoms with Gasteiger partial charge in [0.2, 0.25) is 0 Å². The number of hydrogen-bond donors (Lipinski definition) is 3. The Kier molecular flexibility index (Phi) is 6.87. The van der Waals surface area contributed by atoms with Gasteiger partial charge in [-0.2, -0.15) is 0 Å². The van der Waals surface area contributed by atoms with Gasteiger partial charge in [0.05, 0.1) is 19.3 Å². The second kappa shape index (κ2) is 8.89. The average Bonchev–Trinajstić information content (AvgIpc) is 2.58. The number of ether oxygens (including phenoxy) is 2. The molecule has 1 aliphatic heterocycles. The lowest BCUT2D eigenvalue weighted by molar-refractivity contribution is -0.0594. The lowest BCUT2D eigenvalue weighted by Gasteiger charge is -2.32. The highest BCUT2D eigenvalue weighted by atomic mass is 16.5. The zero-order valence-electron chi connectivity index (χ0n) is 14.9. The van der Waals surface area contributed by atoms with Crippen molar-refractivity contribution < 1.29 is 14.6 Å². The first-order valence-corrected chi connectivity index (χ1v) is 8.52. The van der Waals surface area contributed by atoms with E-state index in [4.69, 9.17) is 9.47 Å². The van der Waals surface area contributed by atoms with E-state index in [2.05, 4.69) is 21.7 Å². The SMILES string of the molecule is CCNC(=NCc1ccc(C)cc1OC)NCC1(O)CCOCC1. The molecule has 1 aromatic rings.